The Kier molecular flexibility index (Phi) is 4.50. The molecule has 2 rings (SSSR count). The average Bonchev–Trinajstić information content (AvgIpc) is 2.92. The molecule has 8 heteroatoms. The Morgan fingerprint density at radius 1 is 1.05 bits per heavy atom. The quantitative estimate of drug-likeness (QED) is 0.863. The number of sulfonamides is 1. The second-order valence-electron chi connectivity index (χ2n) is 4.48. The van der Waals surface area contributed by atoms with Gasteiger partial charge >= 0.3 is 0 Å². The van der Waals surface area contributed by atoms with Crippen LogP contribution >= 0.6 is 0 Å². The van der Waals surface area contributed by atoms with E-state index in [4.69, 9.17) is 4.42 Å². The van der Waals surface area contributed by atoms with Crippen molar-refractivity contribution >= 4 is 19.9 Å². The largest absolute Gasteiger partial charge is 0.468 e. The van der Waals surface area contributed by atoms with Crippen molar-refractivity contribution in [2.75, 3.05) is 12.8 Å². The van der Waals surface area contributed by atoms with E-state index in [-0.39, 0.29) is 17.2 Å². The van der Waals surface area contributed by atoms with Gasteiger partial charge in [0.05, 0.1) is 17.4 Å². The summed E-state index contributed by atoms with van der Waals surface area (Å²) in [6, 6.07) is 10.9. The topological polar surface area (TPSA) is 93.4 Å². The van der Waals surface area contributed by atoms with Gasteiger partial charge in [-0.2, -0.15) is 0 Å². The summed E-state index contributed by atoms with van der Waals surface area (Å²) in [5, 5.41) is -1.12. The fourth-order valence-corrected chi connectivity index (χ4v) is 4.02. The Morgan fingerprint density at radius 2 is 1.71 bits per heavy atom. The molecule has 0 aliphatic rings. The van der Waals surface area contributed by atoms with Gasteiger partial charge < -0.3 is 4.42 Å². The van der Waals surface area contributed by atoms with Gasteiger partial charge in [-0.05, 0) is 24.3 Å². The average molecular weight is 329 g/mol. The molecule has 114 valence electrons. The number of hydrogen-bond acceptors (Lipinski definition) is 5. The van der Waals surface area contributed by atoms with Crippen LogP contribution in [0.4, 0.5) is 0 Å². The van der Waals surface area contributed by atoms with Crippen molar-refractivity contribution in [3.8, 4) is 0 Å². The second kappa shape index (κ2) is 6.00. The lowest BCUT2D eigenvalue weighted by atomic mass is 10.3. The zero-order valence-corrected chi connectivity index (χ0v) is 12.9. The van der Waals surface area contributed by atoms with Crippen LogP contribution in [0.5, 0.6) is 0 Å². The van der Waals surface area contributed by atoms with E-state index >= 15 is 0 Å². The van der Waals surface area contributed by atoms with Crippen LogP contribution in [0.25, 0.3) is 0 Å². The minimum Gasteiger partial charge on any atom is -0.468 e. The minimum atomic E-state index is -3.77. The summed E-state index contributed by atoms with van der Waals surface area (Å²) in [7, 11) is -7.28. The predicted molar refractivity (Wildman–Crippen MR) is 77.9 cm³/mol. The second-order valence-corrected chi connectivity index (χ2v) is 8.45. The summed E-state index contributed by atoms with van der Waals surface area (Å²) in [6.45, 7) is -0.288. The predicted octanol–water partition coefficient (Wildman–Crippen LogP) is 1.34. The summed E-state index contributed by atoms with van der Waals surface area (Å²) in [5.74, 6) is 0.190. The number of sulfone groups is 1. The standard InChI is InChI=1S/C13H15NO5S2/c1-20(15,16)14-10-13(12-8-5-9-19-12)21(17,18)11-6-3-2-4-7-11/h2-9,13-14H,10H2,1H3/t13-/m0/s1. The summed E-state index contributed by atoms with van der Waals surface area (Å²) in [6.07, 6.45) is 2.32. The van der Waals surface area contributed by atoms with Crippen molar-refractivity contribution < 1.29 is 21.3 Å². The molecule has 1 heterocycles. The molecule has 0 spiro atoms. The molecule has 1 N–H and O–H groups in total. The van der Waals surface area contributed by atoms with Gasteiger partial charge in [0.1, 0.15) is 11.0 Å². The molecule has 0 radical (unpaired) electrons. The smallest absolute Gasteiger partial charge is 0.208 e. The van der Waals surface area contributed by atoms with Crippen LogP contribution in [-0.4, -0.2) is 29.6 Å². The van der Waals surface area contributed by atoms with E-state index < -0.39 is 25.1 Å². The fraction of sp³-hybridized carbons (Fsp3) is 0.231. The number of furan rings is 1. The van der Waals surface area contributed by atoms with E-state index in [1.165, 1.54) is 24.5 Å². The van der Waals surface area contributed by atoms with Crippen molar-refractivity contribution in [3.63, 3.8) is 0 Å². The van der Waals surface area contributed by atoms with Crippen LogP contribution in [0.1, 0.15) is 11.0 Å². The minimum absolute atomic E-state index is 0.113. The van der Waals surface area contributed by atoms with Crippen LogP contribution in [0.3, 0.4) is 0 Å². The summed E-state index contributed by atoms with van der Waals surface area (Å²) in [4.78, 5) is 0.113. The van der Waals surface area contributed by atoms with Crippen LogP contribution in [0.2, 0.25) is 0 Å². The molecule has 1 aromatic heterocycles. The molecule has 0 unspecified atom stereocenters. The van der Waals surface area contributed by atoms with Gasteiger partial charge in [-0.15, -0.1) is 0 Å². The Hall–Kier alpha value is -1.64. The van der Waals surface area contributed by atoms with E-state index in [0.29, 0.717) is 0 Å². The van der Waals surface area contributed by atoms with Crippen molar-refractivity contribution in [1.82, 2.24) is 4.72 Å². The molecule has 1 aromatic carbocycles. The van der Waals surface area contributed by atoms with Crippen LogP contribution in [0, 0.1) is 0 Å². The zero-order valence-electron chi connectivity index (χ0n) is 11.3. The molecule has 21 heavy (non-hydrogen) atoms. The summed E-state index contributed by atoms with van der Waals surface area (Å²) < 4.78 is 55.1. The number of hydrogen-bond donors (Lipinski definition) is 1. The van der Waals surface area contributed by atoms with Crippen molar-refractivity contribution in [1.29, 1.82) is 0 Å². The normalized spacial score (nSPS) is 14.0. The Morgan fingerprint density at radius 3 is 2.24 bits per heavy atom. The number of rotatable bonds is 6. The molecular formula is C13H15NO5S2. The highest BCUT2D eigenvalue weighted by molar-refractivity contribution is 7.92. The molecule has 0 saturated heterocycles. The van der Waals surface area contributed by atoms with Crippen molar-refractivity contribution in [2.24, 2.45) is 0 Å². The zero-order chi connectivity index (χ0) is 15.5. The monoisotopic (exact) mass is 329 g/mol. The van der Waals surface area contributed by atoms with Crippen molar-refractivity contribution in [2.45, 2.75) is 10.1 Å². The Bertz CT molecular complexity index is 780. The number of benzene rings is 1. The van der Waals surface area contributed by atoms with Crippen LogP contribution in [0.15, 0.2) is 58.0 Å². The maximum atomic E-state index is 12.7. The fourth-order valence-electron chi connectivity index (χ4n) is 1.84. The van der Waals surface area contributed by atoms with Gasteiger partial charge in [0, 0.05) is 6.54 Å². The van der Waals surface area contributed by atoms with Gasteiger partial charge in [0.15, 0.2) is 9.84 Å². The lowest BCUT2D eigenvalue weighted by Gasteiger charge is -2.16. The van der Waals surface area contributed by atoms with E-state index in [1.54, 1.807) is 24.3 Å². The molecule has 0 amide bonds. The van der Waals surface area contributed by atoms with E-state index in [2.05, 4.69) is 4.72 Å². The molecule has 6 nitrogen and oxygen atoms in total. The first-order valence-corrected chi connectivity index (χ1v) is 9.51. The van der Waals surface area contributed by atoms with Gasteiger partial charge in [-0.3, -0.25) is 0 Å². The van der Waals surface area contributed by atoms with Gasteiger partial charge in [0.25, 0.3) is 0 Å². The Balaban J connectivity index is 2.40. The molecule has 0 aliphatic carbocycles. The third-order valence-electron chi connectivity index (χ3n) is 2.84. The Labute approximate surface area is 123 Å². The maximum Gasteiger partial charge on any atom is 0.208 e. The first-order chi connectivity index (χ1) is 9.81. The summed E-state index contributed by atoms with van der Waals surface area (Å²) in [5.41, 5.74) is 0. The molecule has 0 bridgehead atoms. The van der Waals surface area contributed by atoms with Gasteiger partial charge in [-0.25, -0.2) is 21.6 Å². The van der Waals surface area contributed by atoms with Crippen molar-refractivity contribution in [3.05, 3.63) is 54.5 Å². The first-order valence-electron chi connectivity index (χ1n) is 6.08. The van der Waals surface area contributed by atoms with E-state index in [0.717, 1.165) is 6.26 Å². The highest BCUT2D eigenvalue weighted by Gasteiger charge is 2.31. The molecule has 1 atom stereocenters. The molecular weight excluding hydrogens is 314 g/mol. The third-order valence-corrected chi connectivity index (χ3v) is 5.61. The van der Waals surface area contributed by atoms with Gasteiger partial charge in [0.2, 0.25) is 10.0 Å². The van der Waals surface area contributed by atoms with Gasteiger partial charge in [-0.1, -0.05) is 18.2 Å². The molecule has 0 aliphatic heterocycles. The highest BCUT2D eigenvalue weighted by Crippen LogP contribution is 2.28. The van der Waals surface area contributed by atoms with Crippen LogP contribution < -0.4 is 4.72 Å². The maximum absolute atomic E-state index is 12.7. The third kappa shape index (κ3) is 3.93. The SMILES string of the molecule is CS(=O)(=O)NC[C@@H](c1ccco1)S(=O)(=O)c1ccccc1. The number of nitrogens with one attached hydrogen (secondary N) is 1. The molecule has 0 saturated carbocycles. The lowest BCUT2D eigenvalue weighted by Crippen LogP contribution is -2.31. The molecule has 2 aromatic rings. The van der Waals surface area contributed by atoms with Crippen LogP contribution in [-0.2, 0) is 19.9 Å². The first kappa shape index (κ1) is 15.7. The summed E-state index contributed by atoms with van der Waals surface area (Å²) >= 11 is 0. The van der Waals surface area contributed by atoms with E-state index in [1.807, 2.05) is 0 Å². The molecule has 0 fully saturated rings. The highest BCUT2D eigenvalue weighted by atomic mass is 32.2. The van der Waals surface area contributed by atoms with E-state index in [9.17, 15) is 16.8 Å². The lowest BCUT2D eigenvalue weighted by molar-refractivity contribution is 0.487.